The molecule has 3 rings (SSSR count). The molecule has 1 atom stereocenters. The molecule has 0 aliphatic carbocycles. The van der Waals surface area contributed by atoms with Crippen molar-refractivity contribution in [2.45, 2.75) is 38.5 Å². The molecule has 1 amide bonds. The van der Waals surface area contributed by atoms with Crippen LogP contribution in [0, 0.1) is 0 Å². The Hall–Kier alpha value is -2.75. The number of fused-ring (bicyclic) bond motifs is 1. The summed E-state index contributed by atoms with van der Waals surface area (Å²) in [6, 6.07) is 16.2. The number of unbranched alkanes of at least 4 members (excludes halogenated alkanes) is 2. The van der Waals surface area contributed by atoms with Gasteiger partial charge in [0.25, 0.3) is 0 Å². The third-order valence-electron chi connectivity index (χ3n) is 5.00. The Kier molecular flexibility index (Phi) is 6.53. The minimum atomic E-state index is -0.0662. The number of hydrogen-bond acceptors (Lipinski definition) is 2. The number of aromatic nitrogens is 1. The molecule has 142 valence electrons. The molecule has 0 radical (unpaired) electrons. The first-order chi connectivity index (χ1) is 13.2. The number of amides is 1. The quantitative estimate of drug-likeness (QED) is 0.525. The van der Waals surface area contributed by atoms with Crippen molar-refractivity contribution in [2.75, 3.05) is 13.7 Å². The summed E-state index contributed by atoms with van der Waals surface area (Å²) in [6.07, 6.45) is 5.73. The Morgan fingerprint density at radius 3 is 2.67 bits per heavy atom. The highest BCUT2D eigenvalue weighted by Gasteiger charge is 2.23. The van der Waals surface area contributed by atoms with Gasteiger partial charge in [0, 0.05) is 41.5 Å². The van der Waals surface area contributed by atoms with Gasteiger partial charge in [-0.15, -0.1) is 0 Å². The van der Waals surface area contributed by atoms with Crippen LogP contribution in [0.15, 0.2) is 54.7 Å². The number of nitrogens with one attached hydrogen (secondary N) is 2. The van der Waals surface area contributed by atoms with Crippen LogP contribution in [0.4, 0.5) is 0 Å². The highest BCUT2D eigenvalue weighted by Crippen LogP contribution is 2.37. The molecule has 0 fully saturated rings. The summed E-state index contributed by atoms with van der Waals surface area (Å²) in [5.41, 5.74) is 3.24. The second kappa shape index (κ2) is 9.26. The van der Waals surface area contributed by atoms with Crippen LogP contribution in [0.25, 0.3) is 10.9 Å². The van der Waals surface area contributed by atoms with Gasteiger partial charge < -0.3 is 15.0 Å². The second-order valence-corrected chi connectivity index (χ2v) is 6.85. The van der Waals surface area contributed by atoms with E-state index in [1.165, 1.54) is 0 Å². The van der Waals surface area contributed by atoms with Crippen LogP contribution in [-0.4, -0.2) is 24.5 Å². The number of para-hydroxylation sites is 2. The van der Waals surface area contributed by atoms with Crippen LogP contribution in [-0.2, 0) is 4.79 Å². The van der Waals surface area contributed by atoms with Gasteiger partial charge in [-0.2, -0.15) is 0 Å². The molecule has 1 aromatic heterocycles. The Morgan fingerprint density at radius 2 is 1.85 bits per heavy atom. The van der Waals surface area contributed by atoms with Gasteiger partial charge in [-0.1, -0.05) is 56.2 Å². The number of ether oxygens (including phenoxy) is 1. The van der Waals surface area contributed by atoms with Crippen LogP contribution in [0.2, 0.25) is 0 Å². The SMILES string of the molecule is CCCCCNC(=O)C[C@H](c1ccccc1OC)c1c[nH]c2ccccc12. The van der Waals surface area contributed by atoms with Crippen molar-refractivity contribution in [3.8, 4) is 5.75 Å². The Bertz CT molecular complexity index is 885. The number of H-pyrrole nitrogens is 1. The minimum absolute atomic E-state index is 0.0662. The molecule has 0 saturated carbocycles. The van der Waals surface area contributed by atoms with Gasteiger partial charge in [0.15, 0.2) is 0 Å². The molecule has 0 bridgehead atoms. The fourth-order valence-corrected chi connectivity index (χ4v) is 3.58. The molecule has 27 heavy (non-hydrogen) atoms. The molecule has 2 aromatic carbocycles. The van der Waals surface area contributed by atoms with Gasteiger partial charge in [0.05, 0.1) is 7.11 Å². The summed E-state index contributed by atoms with van der Waals surface area (Å²) >= 11 is 0. The maximum atomic E-state index is 12.7. The lowest BCUT2D eigenvalue weighted by Gasteiger charge is -2.19. The Morgan fingerprint density at radius 1 is 1.07 bits per heavy atom. The van der Waals surface area contributed by atoms with Gasteiger partial charge in [0.1, 0.15) is 5.75 Å². The third-order valence-corrected chi connectivity index (χ3v) is 5.00. The van der Waals surface area contributed by atoms with Gasteiger partial charge in [-0.3, -0.25) is 4.79 Å². The number of carbonyl (C=O) groups is 1. The predicted molar refractivity (Wildman–Crippen MR) is 110 cm³/mol. The lowest BCUT2D eigenvalue weighted by molar-refractivity contribution is -0.121. The van der Waals surface area contributed by atoms with E-state index in [1.807, 2.05) is 36.5 Å². The van der Waals surface area contributed by atoms with E-state index in [2.05, 4.69) is 35.4 Å². The molecule has 4 nitrogen and oxygen atoms in total. The molecule has 3 aromatic rings. The van der Waals surface area contributed by atoms with Gasteiger partial charge in [0.2, 0.25) is 5.91 Å². The largest absolute Gasteiger partial charge is 0.496 e. The van der Waals surface area contributed by atoms with Crippen LogP contribution in [0.5, 0.6) is 5.75 Å². The number of carbonyl (C=O) groups excluding carboxylic acids is 1. The molecule has 2 N–H and O–H groups in total. The lowest BCUT2D eigenvalue weighted by Crippen LogP contribution is -2.26. The zero-order chi connectivity index (χ0) is 19.1. The topological polar surface area (TPSA) is 54.1 Å². The monoisotopic (exact) mass is 364 g/mol. The standard InChI is InChI=1S/C23H28N2O2/c1-3-4-9-14-24-23(26)15-19(18-11-6-8-13-22(18)27-2)20-16-25-21-12-7-5-10-17(20)21/h5-8,10-13,16,19,25H,3-4,9,14-15H2,1-2H3,(H,24,26)/t19-/m1/s1. The maximum absolute atomic E-state index is 12.7. The zero-order valence-electron chi connectivity index (χ0n) is 16.1. The van der Waals surface area contributed by atoms with Gasteiger partial charge in [-0.25, -0.2) is 0 Å². The zero-order valence-corrected chi connectivity index (χ0v) is 16.1. The van der Waals surface area contributed by atoms with Crippen molar-refractivity contribution in [3.05, 3.63) is 65.9 Å². The highest BCUT2D eigenvalue weighted by molar-refractivity contribution is 5.86. The van der Waals surface area contributed by atoms with Crippen molar-refractivity contribution in [1.29, 1.82) is 0 Å². The molecule has 0 unspecified atom stereocenters. The summed E-state index contributed by atoms with van der Waals surface area (Å²) in [4.78, 5) is 16.0. The fraction of sp³-hybridized carbons (Fsp3) is 0.348. The van der Waals surface area contributed by atoms with Crippen molar-refractivity contribution in [2.24, 2.45) is 0 Å². The average Bonchev–Trinajstić information content (AvgIpc) is 3.13. The number of rotatable bonds is 9. The van der Waals surface area contributed by atoms with Crippen LogP contribution >= 0.6 is 0 Å². The summed E-state index contributed by atoms with van der Waals surface area (Å²) < 4.78 is 5.59. The summed E-state index contributed by atoms with van der Waals surface area (Å²) in [5.74, 6) is 0.822. The van der Waals surface area contributed by atoms with E-state index in [1.54, 1.807) is 7.11 Å². The van der Waals surface area contributed by atoms with Crippen molar-refractivity contribution in [1.82, 2.24) is 10.3 Å². The number of aromatic amines is 1. The summed E-state index contributed by atoms with van der Waals surface area (Å²) in [5, 5.41) is 4.22. The van der Waals surface area contributed by atoms with E-state index in [0.29, 0.717) is 6.42 Å². The first-order valence-corrected chi connectivity index (χ1v) is 9.70. The van der Waals surface area contributed by atoms with E-state index < -0.39 is 0 Å². The van der Waals surface area contributed by atoms with Crippen LogP contribution < -0.4 is 10.1 Å². The molecule has 1 heterocycles. The summed E-state index contributed by atoms with van der Waals surface area (Å²) in [7, 11) is 1.68. The minimum Gasteiger partial charge on any atom is -0.496 e. The molecular weight excluding hydrogens is 336 g/mol. The number of hydrogen-bond donors (Lipinski definition) is 2. The van der Waals surface area contributed by atoms with E-state index >= 15 is 0 Å². The van der Waals surface area contributed by atoms with E-state index in [4.69, 9.17) is 4.74 Å². The van der Waals surface area contributed by atoms with E-state index in [0.717, 1.165) is 53.6 Å². The van der Waals surface area contributed by atoms with E-state index in [9.17, 15) is 4.79 Å². The first kappa shape index (κ1) is 19.0. The Balaban J connectivity index is 1.91. The molecular formula is C23H28N2O2. The third kappa shape index (κ3) is 4.51. The first-order valence-electron chi connectivity index (χ1n) is 9.70. The van der Waals surface area contributed by atoms with Crippen molar-refractivity contribution >= 4 is 16.8 Å². The number of benzene rings is 2. The lowest BCUT2D eigenvalue weighted by atomic mass is 9.87. The number of methoxy groups -OCH3 is 1. The molecule has 0 aliphatic rings. The normalized spacial score (nSPS) is 12.1. The van der Waals surface area contributed by atoms with Crippen molar-refractivity contribution < 1.29 is 9.53 Å². The molecule has 0 saturated heterocycles. The van der Waals surface area contributed by atoms with Gasteiger partial charge in [-0.05, 0) is 24.1 Å². The predicted octanol–water partition coefficient (Wildman–Crippen LogP) is 5.00. The van der Waals surface area contributed by atoms with Crippen LogP contribution in [0.1, 0.15) is 49.7 Å². The van der Waals surface area contributed by atoms with Crippen molar-refractivity contribution in [3.63, 3.8) is 0 Å². The second-order valence-electron chi connectivity index (χ2n) is 6.85. The molecule has 0 aliphatic heterocycles. The summed E-state index contributed by atoms with van der Waals surface area (Å²) in [6.45, 7) is 2.90. The molecule has 0 spiro atoms. The highest BCUT2D eigenvalue weighted by atomic mass is 16.5. The smallest absolute Gasteiger partial charge is 0.220 e. The van der Waals surface area contributed by atoms with Gasteiger partial charge >= 0.3 is 0 Å². The maximum Gasteiger partial charge on any atom is 0.220 e. The fourth-order valence-electron chi connectivity index (χ4n) is 3.58. The molecule has 4 heteroatoms. The Labute approximate surface area is 160 Å². The van der Waals surface area contributed by atoms with Crippen LogP contribution in [0.3, 0.4) is 0 Å². The average molecular weight is 364 g/mol. The van der Waals surface area contributed by atoms with E-state index in [-0.39, 0.29) is 11.8 Å².